The van der Waals surface area contributed by atoms with Crippen LogP contribution in [0.1, 0.15) is 329 Å². The zero-order valence-corrected chi connectivity index (χ0v) is 55.5. The largest absolute Gasteiger partial charge is 0.376 e. The summed E-state index contributed by atoms with van der Waals surface area (Å²) in [6, 6.07) is 34.5. The van der Waals surface area contributed by atoms with E-state index in [0.29, 0.717) is 0 Å². The fourth-order valence-corrected chi connectivity index (χ4v) is 14.4. The third-order valence-electron chi connectivity index (χ3n) is 16.2. The van der Waals surface area contributed by atoms with Gasteiger partial charge in [0, 0.05) is 8.80 Å². The smallest absolute Gasteiger partial charge is 0.125 e. The number of hydrogen-bond donors (Lipinski definition) is 0. The molecule has 0 bridgehead atoms. The summed E-state index contributed by atoms with van der Waals surface area (Å²) in [5.41, 5.74) is 5.09. The summed E-state index contributed by atoms with van der Waals surface area (Å²) in [5.74, 6) is 0. The van der Waals surface area contributed by atoms with Gasteiger partial charge in [-0.25, -0.2) is 0 Å². The van der Waals surface area contributed by atoms with E-state index in [4.69, 9.17) is 33.2 Å². The van der Waals surface area contributed by atoms with Gasteiger partial charge in [0.2, 0.25) is 0 Å². The Morgan fingerprint density at radius 2 is 0.377 bits per heavy atom. The van der Waals surface area contributed by atoms with Crippen LogP contribution in [-0.4, -0.2) is 15.5 Å². The summed E-state index contributed by atoms with van der Waals surface area (Å²) in [6.07, 6.45) is 71.6. The Kier molecular flexibility index (Phi) is 58.6. The van der Waals surface area contributed by atoms with Crippen molar-refractivity contribution in [2.24, 2.45) is 0 Å². The first-order valence-electron chi connectivity index (χ1n) is 33.9. The molecule has 0 amide bonds. The molecule has 0 heterocycles. The lowest BCUT2D eigenvalue weighted by atomic mass is 9.95. The molecule has 0 saturated carbocycles. The van der Waals surface area contributed by atoms with Gasteiger partial charge in [0.25, 0.3) is 0 Å². The lowest BCUT2D eigenvalue weighted by Gasteiger charge is -2.15. The van der Waals surface area contributed by atoms with E-state index in [1.165, 1.54) is 311 Å². The van der Waals surface area contributed by atoms with Crippen LogP contribution in [0, 0.1) is 0 Å². The van der Waals surface area contributed by atoms with Gasteiger partial charge in [0.1, 0.15) is 0 Å². The molecule has 0 N–H and O–H groups in total. The van der Waals surface area contributed by atoms with E-state index in [9.17, 15) is 0 Å². The van der Waals surface area contributed by atoms with Crippen LogP contribution in [0.15, 0.2) is 84.9 Å². The minimum atomic E-state index is -1.46. The Balaban J connectivity index is 0.00000109. The third kappa shape index (κ3) is 51.6. The zero-order chi connectivity index (χ0) is 55.4. The summed E-state index contributed by atoms with van der Waals surface area (Å²) < 4.78 is 0. The predicted octanol–water partition coefficient (Wildman–Crippen LogP) is 28.0. The van der Waals surface area contributed by atoms with Crippen LogP contribution in [0.3, 0.4) is 0 Å². The SMILES string of the molecule is CCCCCCCCCCCCCCCCCC[Si](CCCCCCCCCCCCCCCCCC)CCCCCCCCCCCCCCCCCC.Cl[Si](Cl)Cl.c1ccc(-c2ccccc2-c2ccccc2)cc1. The van der Waals surface area contributed by atoms with Crippen molar-refractivity contribution in [3.63, 3.8) is 0 Å². The van der Waals surface area contributed by atoms with Crippen molar-refractivity contribution in [3.8, 4) is 22.3 Å². The van der Waals surface area contributed by atoms with Crippen molar-refractivity contribution in [2.75, 3.05) is 0 Å². The van der Waals surface area contributed by atoms with Crippen molar-refractivity contribution < 1.29 is 0 Å². The first-order chi connectivity index (χ1) is 38.0. The van der Waals surface area contributed by atoms with Gasteiger partial charge in [-0.2, -0.15) is 0 Å². The summed E-state index contributed by atoms with van der Waals surface area (Å²) in [4.78, 5) is 0. The number of unbranched alkanes of at least 4 members (excludes halogenated alkanes) is 45. The molecule has 0 saturated heterocycles. The maximum atomic E-state index is 4.91. The van der Waals surface area contributed by atoms with Crippen molar-refractivity contribution in [1.29, 1.82) is 0 Å². The molecule has 0 nitrogen and oxygen atoms in total. The molecule has 3 aromatic carbocycles. The molecule has 77 heavy (non-hydrogen) atoms. The maximum absolute atomic E-state index is 4.91. The van der Waals surface area contributed by atoms with E-state index in [1.54, 1.807) is 37.4 Å². The number of rotatable bonds is 53. The highest BCUT2D eigenvalue weighted by Gasteiger charge is 2.11. The fourth-order valence-electron chi connectivity index (χ4n) is 11.4. The summed E-state index contributed by atoms with van der Waals surface area (Å²) in [6.45, 7) is 5.50. The molecular weight excluding hydrogens is 1030 g/mol. The minimum Gasteiger partial charge on any atom is -0.125 e. The molecule has 5 heteroatoms. The monoisotopic (exact) mass is 1150 g/mol. The van der Waals surface area contributed by atoms with Crippen LogP contribution in [0.5, 0.6) is 0 Å². The van der Waals surface area contributed by atoms with Gasteiger partial charge in [-0.3, -0.25) is 0 Å². The molecule has 3 rings (SSSR count). The van der Waals surface area contributed by atoms with Crippen molar-refractivity contribution in [1.82, 2.24) is 0 Å². The highest BCUT2D eigenvalue weighted by Crippen LogP contribution is 2.32. The van der Waals surface area contributed by atoms with E-state index >= 15 is 0 Å². The minimum absolute atomic E-state index is 0.101. The van der Waals surface area contributed by atoms with Gasteiger partial charge in [-0.05, 0) is 22.3 Å². The Hall–Kier alpha value is -1.04. The number of hydrogen-bond acceptors (Lipinski definition) is 0. The van der Waals surface area contributed by atoms with E-state index in [1.807, 2.05) is 0 Å². The van der Waals surface area contributed by atoms with E-state index < -0.39 is 6.73 Å². The predicted molar refractivity (Wildman–Crippen MR) is 359 cm³/mol. The normalized spacial score (nSPS) is 11.3. The number of halogens is 3. The molecule has 2 radical (unpaired) electrons. The lowest BCUT2D eigenvalue weighted by molar-refractivity contribution is 0.530. The first-order valence-corrected chi connectivity index (χ1v) is 40.6. The second-order valence-corrected chi connectivity index (χ2v) is 32.0. The van der Waals surface area contributed by atoms with E-state index in [-0.39, 0.29) is 8.80 Å². The average molecular weight is 1150 g/mol. The fraction of sp³-hybridized carbons (Fsp3) is 0.750. The summed E-state index contributed by atoms with van der Waals surface area (Å²) >= 11 is 14.7. The molecule has 0 spiro atoms. The van der Waals surface area contributed by atoms with Crippen molar-refractivity contribution in [3.05, 3.63) is 84.9 Å². The van der Waals surface area contributed by atoms with E-state index in [2.05, 4.69) is 106 Å². The van der Waals surface area contributed by atoms with Crippen molar-refractivity contribution in [2.45, 2.75) is 347 Å². The van der Waals surface area contributed by atoms with Gasteiger partial charge in [-0.1, -0.05) is 432 Å². The molecule has 0 unspecified atom stereocenters. The molecule has 0 fully saturated rings. The highest BCUT2D eigenvalue weighted by molar-refractivity contribution is 7.54. The van der Waals surface area contributed by atoms with Crippen LogP contribution in [0.2, 0.25) is 18.1 Å². The summed E-state index contributed by atoms with van der Waals surface area (Å²) in [7, 11) is -0.101. The van der Waals surface area contributed by atoms with Crippen molar-refractivity contribution >= 4 is 48.8 Å². The van der Waals surface area contributed by atoms with Crippen LogP contribution in [-0.2, 0) is 0 Å². The van der Waals surface area contributed by atoms with Gasteiger partial charge >= 0.3 is 6.73 Å². The Labute approximate surface area is 499 Å². The third-order valence-corrected chi connectivity index (χ3v) is 19.4. The molecule has 442 valence electrons. The van der Waals surface area contributed by atoms with Gasteiger partial charge in [-0.15, -0.1) is 33.2 Å². The Morgan fingerprint density at radius 1 is 0.221 bits per heavy atom. The van der Waals surface area contributed by atoms with Gasteiger partial charge in [0.05, 0.1) is 0 Å². The topological polar surface area (TPSA) is 0 Å². The van der Waals surface area contributed by atoms with Crippen LogP contribution < -0.4 is 0 Å². The Bertz CT molecular complexity index is 1400. The van der Waals surface area contributed by atoms with Gasteiger partial charge in [0.15, 0.2) is 0 Å². The zero-order valence-electron chi connectivity index (χ0n) is 51.3. The Morgan fingerprint density at radius 3 is 0.558 bits per heavy atom. The second-order valence-electron chi connectivity index (χ2n) is 23.4. The number of benzene rings is 3. The van der Waals surface area contributed by atoms with Gasteiger partial charge < -0.3 is 0 Å². The molecule has 0 aliphatic rings. The average Bonchev–Trinajstić information content (AvgIpc) is 3.45. The molecule has 0 aliphatic carbocycles. The molecule has 0 aromatic heterocycles. The highest BCUT2D eigenvalue weighted by atomic mass is 35.8. The summed E-state index contributed by atoms with van der Waals surface area (Å²) in [5, 5.41) is 0. The second kappa shape index (κ2) is 61.0. The maximum Gasteiger partial charge on any atom is 0.376 e. The molecule has 3 aromatic rings. The van der Waals surface area contributed by atoms with Crippen LogP contribution in [0.25, 0.3) is 22.3 Å². The van der Waals surface area contributed by atoms with Crippen LogP contribution in [0.4, 0.5) is 0 Å². The standard InChI is InChI=1S/C54H111Si.C18H14.Cl3Si/c1-4-7-10-13-16-19-22-25-28-31-34-37-40-43-46-49-52-55(53-50-47-44-41-38-35-32-29-26-23-20-17-14-11-8-5-2)54-51-48-45-42-39-36-33-30-27-24-21-18-15-12-9-6-3;1-3-9-15(10-4-1)17-13-7-8-14-18(17)16-11-5-2-6-12-16;1-4(2)3/h4-54H2,1-3H3;1-14H;. The first kappa shape index (κ1) is 74.0. The lowest BCUT2D eigenvalue weighted by Crippen LogP contribution is -2.12. The van der Waals surface area contributed by atoms with E-state index in [0.717, 1.165) is 0 Å². The molecular formula is C72H125Cl3Si2. The van der Waals surface area contributed by atoms with Crippen LogP contribution >= 0.6 is 33.2 Å². The molecule has 0 atom stereocenters. The molecule has 0 aliphatic heterocycles. The quantitative estimate of drug-likeness (QED) is 0.0300.